The number of aromatic nitrogens is 2. The highest BCUT2D eigenvalue weighted by Gasteiger charge is 2.34. The van der Waals surface area contributed by atoms with Crippen molar-refractivity contribution in [3.8, 4) is 0 Å². The average Bonchev–Trinajstić information content (AvgIpc) is 3.06. The lowest BCUT2D eigenvalue weighted by Gasteiger charge is -2.32. The molecule has 1 atom stereocenters. The van der Waals surface area contributed by atoms with Gasteiger partial charge in [-0.1, -0.05) is 30.3 Å². The third-order valence-corrected chi connectivity index (χ3v) is 4.91. The zero-order valence-electron chi connectivity index (χ0n) is 15.5. The normalized spacial score (nSPS) is 18.0. The number of rotatable bonds is 7. The van der Waals surface area contributed by atoms with Crippen molar-refractivity contribution >= 4 is 17.6 Å². The first-order chi connectivity index (χ1) is 12.7. The molecule has 138 valence electrons. The van der Waals surface area contributed by atoms with Crippen LogP contribution in [-0.4, -0.2) is 48.6 Å². The molecule has 0 fully saturated rings. The Morgan fingerprint density at radius 2 is 2.08 bits per heavy atom. The second-order valence-electron chi connectivity index (χ2n) is 7.23. The molecule has 0 bridgehead atoms. The molecule has 26 heavy (non-hydrogen) atoms. The van der Waals surface area contributed by atoms with Crippen LogP contribution in [0.3, 0.4) is 0 Å². The van der Waals surface area contributed by atoms with Crippen LogP contribution in [0.25, 0.3) is 0 Å². The number of hydrogen-bond acceptors (Lipinski definition) is 7. The predicted octanol–water partition coefficient (Wildman–Crippen LogP) is 2.22. The van der Waals surface area contributed by atoms with Crippen molar-refractivity contribution in [2.45, 2.75) is 25.4 Å². The highest BCUT2D eigenvalue weighted by atomic mass is 15.4. The van der Waals surface area contributed by atoms with Gasteiger partial charge < -0.3 is 20.5 Å². The first-order valence-corrected chi connectivity index (χ1v) is 9.31. The van der Waals surface area contributed by atoms with E-state index in [-0.39, 0.29) is 0 Å². The zero-order valence-corrected chi connectivity index (χ0v) is 15.5. The van der Waals surface area contributed by atoms with Gasteiger partial charge >= 0.3 is 0 Å². The van der Waals surface area contributed by atoms with Gasteiger partial charge in [0.2, 0.25) is 5.95 Å². The van der Waals surface area contributed by atoms with Crippen molar-refractivity contribution in [1.29, 1.82) is 0 Å². The second-order valence-corrected chi connectivity index (χ2v) is 7.23. The van der Waals surface area contributed by atoms with Crippen molar-refractivity contribution in [2.75, 3.05) is 49.4 Å². The van der Waals surface area contributed by atoms with Gasteiger partial charge in [0.1, 0.15) is 5.82 Å². The van der Waals surface area contributed by atoms with Crippen LogP contribution in [0.1, 0.15) is 30.0 Å². The Hall–Kier alpha value is -2.38. The van der Waals surface area contributed by atoms with Crippen molar-refractivity contribution in [3.05, 3.63) is 41.5 Å². The minimum absolute atomic E-state index is 0.301. The average molecular weight is 353 g/mol. The molecule has 3 N–H and O–H groups in total. The van der Waals surface area contributed by atoms with Gasteiger partial charge in [-0.25, -0.2) is 5.43 Å². The number of hydrogen-bond donors (Lipinski definition) is 3. The fourth-order valence-corrected chi connectivity index (χ4v) is 3.58. The van der Waals surface area contributed by atoms with E-state index in [4.69, 9.17) is 4.98 Å². The molecule has 0 radical (unpaired) electrons. The first kappa shape index (κ1) is 17.1. The van der Waals surface area contributed by atoms with Crippen LogP contribution < -0.4 is 21.1 Å². The summed E-state index contributed by atoms with van der Waals surface area (Å²) >= 11 is 0. The number of hydrazine groups is 1. The summed E-state index contributed by atoms with van der Waals surface area (Å²) in [5, 5.41) is 3.38. The van der Waals surface area contributed by atoms with Gasteiger partial charge in [-0.05, 0) is 39.0 Å². The summed E-state index contributed by atoms with van der Waals surface area (Å²) in [6.07, 6.45) is 2.11. The molecule has 2 aliphatic heterocycles. The predicted molar refractivity (Wildman–Crippen MR) is 105 cm³/mol. The Balaban J connectivity index is 1.54. The van der Waals surface area contributed by atoms with Crippen LogP contribution in [0, 0.1) is 0 Å². The Kier molecular flexibility index (Phi) is 4.90. The van der Waals surface area contributed by atoms with Crippen LogP contribution >= 0.6 is 0 Å². The summed E-state index contributed by atoms with van der Waals surface area (Å²) in [4.78, 5) is 14.1. The summed E-state index contributed by atoms with van der Waals surface area (Å²) in [5.74, 6) is 2.66. The van der Waals surface area contributed by atoms with Gasteiger partial charge in [-0.2, -0.15) is 9.97 Å². The van der Waals surface area contributed by atoms with E-state index >= 15 is 0 Å². The fourth-order valence-electron chi connectivity index (χ4n) is 3.58. The minimum Gasteiger partial charge on any atom is -0.354 e. The van der Waals surface area contributed by atoms with Crippen LogP contribution in [0.4, 0.5) is 17.6 Å². The molecule has 2 aliphatic rings. The summed E-state index contributed by atoms with van der Waals surface area (Å²) in [7, 11) is 4.18. The maximum absolute atomic E-state index is 4.87. The summed E-state index contributed by atoms with van der Waals surface area (Å²) in [6.45, 7) is 3.77. The molecule has 7 nitrogen and oxygen atoms in total. The Morgan fingerprint density at radius 3 is 2.88 bits per heavy atom. The van der Waals surface area contributed by atoms with E-state index in [2.05, 4.69) is 75.4 Å². The molecule has 4 rings (SSSR count). The standard InChI is InChI=1S/C19H27N7/c1-25(2)11-6-10-20-19-21-17-16-15(23-24-17)9-12-26(18(16)22-19)13-14-7-4-3-5-8-14/h3-5,7-8,15,23H,6,9-13H2,1-2H3,(H2,20,21,22,24). The van der Waals surface area contributed by atoms with Gasteiger partial charge in [-0.3, -0.25) is 0 Å². The van der Waals surface area contributed by atoms with E-state index in [0.29, 0.717) is 12.0 Å². The molecular formula is C19H27N7. The Morgan fingerprint density at radius 1 is 1.23 bits per heavy atom. The molecule has 0 amide bonds. The van der Waals surface area contributed by atoms with E-state index in [1.165, 1.54) is 11.1 Å². The molecule has 0 spiro atoms. The maximum atomic E-state index is 4.87. The monoisotopic (exact) mass is 353 g/mol. The van der Waals surface area contributed by atoms with Crippen molar-refractivity contribution in [3.63, 3.8) is 0 Å². The van der Waals surface area contributed by atoms with Crippen LogP contribution in [-0.2, 0) is 6.54 Å². The van der Waals surface area contributed by atoms with Crippen molar-refractivity contribution in [2.24, 2.45) is 0 Å². The number of nitrogens with zero attached hydrogens (tertiary/aromatic N) is 4. The molecule has 1 aromatic carbocycles. The van der Waals surface area contributed by atoms with Gasteiger partial charge in [0.15, 0.2) is 5.82 Å². The molecular weight excluding hydrogens is 326 g/mol. The summed E-state index contributed by atoms with van der Waals surface area (Å²) in [5.41, 5.74) is 9.09. The van der Waals surface area contributed by atoms with Gasteiger partial charge in [0.25, 0.3) is 0 Å². The van der Waals surface area contributed by atoms with Gasteiger partial charge in [-0.15, -0.1) is 0 Å². The molecule has 0 saturated heterocycles. The third kappa shape index (κ3) is 3.59. The molecule has 7 heteroatoms. The molecule has 3 heterocycles. The van der Waals surface area contributed by atoms with E-state index in [1.54, 1.807) is 0 Å². The van der Waals surface area contributed by atoms with Crippen molar-refractivity contribution < 1.29 is 0 Å². The lowest BCUT2D eigenvalue weighted by atomic mass is 10.0. The quantitative estimate of drug-likeness (QED) is 0.660. The van der Waals surface area contributed by atoms with E-state index in [0.717, 1.165) is 50.7 Å². The Bertz CT molecular complexity index is 747. The fraction of sp³-hybridized carbons (Fsp3) is 0.474. The largest absolute Gasteiger partial charge is 0.354 e. The van der Waals surface area contributed by atoms with Crippen molar-refractivity contribution in [1.82, 2.24) is 20.3 Å². The third-order valence-electron chi connectivity index (χ3n) is 4.91. The maximum Gasteiger partial charge on any atom is 0.226 e. The van der Waals surface area contributed by atoms with Crippen LogP contribution in [0.5, 0.6) is 0 Å². The SMILES string of the molecule is CN(C)CCCNc1nc2c3c(n1)N(Cc1ccccc1)CCC3NN2. The molecule has 0 saturated carbocycles. The lowest BCUT2D eigenvalue weighted by Crippen LogP contribution is -2.34. The smallest absolute Gasteiger partial charge is 0.226 e. The summed E-state index contributed by atoms with van der Waals surface area (Å²) in [6, 6.07) is 10.9. The molecule has 2 aromatic rings. The zero-order chi connectivity index (χ0) is 17.9. The van der Waals surface area contributed by atoms with Crippen LogP contribution in [0.2, 0.25) is 0 Å². The van der Waals surface area contributed by atoms with Gasteiger partial charge in [0, 0.05) is 19.6 Å². The Labute approximate surface area is 154 Å². The number of nitrogens with one attached hydrogen (secondary N) is 3. The van der Waals surface area contributed by atoms with E-state index in [1.807, 2.05) is 0 Å². The number of anilines is 3. The van der Waals surface area contributed by atoms with Gasteiger partial charge in [0.05, 0.1) is 11.6 Å². The van der Waals surface area contributed by atoms with Crippen LogP contribution in [0.15, 0.2) is 30.3 Å². The first-order valence-electron chi connectivity index (χ1n) is 9.31. The molecule has 0 aliphatic carbocycles. The highest BCUT2D eigenvalue weighted by molar-refractivity contribution is 5.67. The minimum atomic E-state index is 0.301. The second kappa shape index (κ2) is 7.47. The lowest BCUT2D eigenvalue weighted by molar-refractivity contribution is 0.405. The molecule has 1 aromatic heterocycles. The number of benzene rings is 1. The topological polar surface area (TPSA) is 68.3 Å². The summed E-state index contributed by atoms with van der Waals surface area (Å²) < 4.78 is 0. The van der Waals surface area contributed by atoms with E-state index < -0.39 is 0 Å². The molecule has 1 unspecified atom stereocenters. The van der Waals surface area contributed by atoms with E-state index in [9.17, 15) is 0 Å². The highest BCUT2D eigenvalue weighted by Crippen LogP contribution is 2.40.